The Morgan fingerprint density at radius 3 is 3.00 bits per heavy atom. The lowest BCUT2D eigenvalue weighted by Gasteiger charge is -2.26. The number of rotatable bonds is 7. The number of hydrogen-bond acceptors (Lipinski definition) is 7. The first-order chi connectivity index (χ1) is 14.2. The summed E-state index contributed by atoms with van der Waals surface area (Å²) in [6.07, 6.45) is 3.29. The van der Waals surface area contributed by atoms with Crippen LogP contribution in [0.5, 0.6) is 0 Å². The maximum Gasteiger partial charge on any atom is 0.306 e. The van der Waals surface area contributed by atoms with E-state index in [0.29, 0.717) is 11.7 Å². The van der Waals surface area contributed by atoms with Crippen molar-refractivity contribution in [1.82, 2.24) is 15.5 Å². The third-order valence-corrected chi connectivity index (χ3v) is 5.69. The maximum atomic E-state index is 12.2. The lowest BCUT2D eigenvalue weighted by Crippen LogP contribution is -2.34. The van der Waals surface area contributed by atoms with Gasteiger partial charge in [0.1, 0.15) is 0 Å². The molecule has 1 atom stereocenters. The largest absolute Gasteiger partial charge is 0.456 e. The third kappa shape index (κ3) is 4.89. The highest BCUT2D eigenvalue weighted by Crippen LogP contribution is 2.29. The van der Waals surface area contributed by atoms with E-state index in [9.17, 15) is 9.59 Å². The molecule has 1 amide bonds. The molecule has 150 valence electrons. The van der Waals surface area contributed by atoms with Crippen LogP contribution in [-0.4, -0.2) is 28.6 Å². The van der Waals surface area contributed by atoms with Gasteiger partial charge >= 0.3 is 5.97 Å². The molecule has 0 saturated heterocycles. The number of hydrogen-bond donors (Lipinski definition) is 1. The lowest BCUT2D eigenvalue weighted by atomic mass is 9.88. The Balaban J connectivity index is 1.21. The maximum absolute atomic E-state index is 12.2. The minimum Gasteiger partial charge on any atom is -0.456 e. The predicted octanol–water partition coefficient (Wildman–Crippen LogP) is 3.47. The summed E-state index contributed by atoms with van der Waals surface area (Å²) in [6, 6.07) is 11.9. The number of aromatic nitrogens is 2. The Morgan fingerprint density at radius 1 is 1.24 bits per heavy atom. The molecule has 0 bridgehead atoms. The molecule has 3 aromatic rings. The van der Waals surface area contributed by atoms with Crippen LogP contribution in [0.4, 0.5) is 0 Å². The van der Waals surface area contributed by atoms with Crippen molar-refractivity contribution in [3.63, 3.8) is 0 Å². The van der Waals surface area contributed by atoms with Crippen LogP contribution in [0.3, 0.4) is 0 Å². The second-order valence-electron chi connectivity index (χ2n) is 6.86. The molecule has 0 aliphatic heterocycles. The molecule has 2 aromatic heterocycles. The Kier molecular flexibility index (Phi) is 6.00. The second kappa shape index (κ2) is 9.00. The zero-order valence-electron chi connectivity index (χ0n) is 15.8. The van der Waals surface area contributed by atoms with Gasteiger partial charge in [-0.1, -0.05) is 35.5 Å². The van der Waals surface area contributed by atoms with Gasteiger partial charge in [0.15, 0.2) is 6.61 Å². The van der Waals surface area contributed by atoms with Gasteiger partial charge in [0.05, 0.1) is 17.3 Å². The lowest BCUT2D eigenvalue weighted by molar-refractivity contribution is -0.148. The van der Waals surface area contributed by atoms with E-state index in [4.69, 9.17) is 9.26 Å². The molecule has 4 rings (SSSR count). The number of aryl methyl sites for hydroxylation is 2. The molecule has 0 spiro atoms. The summed E-state index contributed by atoms with van der Waals surface area (Å²) in [6.45, 7) is -0.290. The molecule has 1 N–H and O–H groups in total. The SMILES string of the molecule is O=C(COC(=O)CCc1nc(-c2cccs2)no1)N[C@H]1CCCc2ccccc21. The van der Waals surface area contributed by atoms with Gasteiger partial charge in [0.2, 0.25) is 11.7 Å². The predicted molar refractivity (Wildman–Crippen MR) is 107 cm³/mol. The number of fused-ring (bicyclic) bond motifs is 1. The first-order valence-corrected chi connectivity index (χ1v) is 10.5. The number of thiophene rings is 1. The van der Waals surface area contributed by atoms with E-state index in [1.807, 2.05) is 35.7 Å². The first kappa shape index (κ1) is 19.3. The summed E-state index contributed by atoms with van der Waals surface area (Å²) >= 11 is 1.51. The monoisotopic (exact) mass is 411 g/mol. The number of nitrogens with zero attached hydrogens (tertiary/aromatic N) is 2. The normalized spacial score (nSPS) is 15.5. The molecule has 0 unspecified atom stereocenters. The molecule has 0 fully saturated rings. The molecule has 8 heteroatoms. The van der Waals surface area contributed by atoms with E-state index in [2.05, 4.69) is 21.5 Å². The van der Waals surface area contributed by atoms with Crippen molar-refractivity contribution in [3.8, 4) is 10.7 Å². The van der Waals surface area contributed by atoms with Crippen molar-refractivity contribution in [3.05, 3.63) is 58.8 Å². The van der Waals surface area contributed by atoms with E-state index in [1.165, 1.54) is 16.9 Å². The van der Waals surface area contributed by atoms with Crippen LogP contribution in [0.25, 0.3) is 10.7 Å². The summed E-state index contributed by atoms with van der Waals surface area (Å²) in [5.74, 6) is 0.113. The van der Waals surface area contributed by atoms with Gasteiger partial charge in [-0.2, -0.15) is 4.98 Å². The zero-order valence-corrected chi connectivity index (χ0v) is 16.6. The van der Waals surface area contributed by atoms with E-state index in [1.54, 1.807) is 0 Å². The summed E-state index contributed by atoms with van der Waals surface area (Å²) in [5, 5.41) is 8.80. The van der Waals surface area contributed by atoms with Crippen molar-refractivity contribution < 1.29 is 18.8 Å². The average Bonchev–Trinajstić information content (AvgIpc) is 3.43. The van der Waals surface area contributed by atoms with Crippen molar-refractivity contribution in [1.29, 1.82) is 0 Å². The Bertz CT molecular complexity index is 983. The molecular formula is C21H21N3O4S. The van der Waals surface area contributed by atoms with Crippen LogP contribution in [0.1, 0.15) is 42.3 Å². The quantitative estimate of drug-likeness (QED) is 0.598. The highest BCUT2D eigenvalue weighted by molar-refractivity contribution is 7.13. The van der Waals surface area contributed by atoms with Crippen LogP contribution in [0.2, 0.25) is 0 Å². The summed E-state index contributed by atoms with van der Waals surface area (Å²) in [5.41, 5.74) is 2.42. The summed E-state index contributed by atoms with van der Waals surface area (Å²) < 4.78 is 10.3. The topological polar surface area (TPSA) is 94.3 Å². The number of benzene rings is 1. The molecule has 0 radical (unpaired) electrons. The molecule has 1 aliphatic carbocycles. The third-order valence-electron chi connectivity index (χ3n) is 4.82. The Morgan fingerprint density at radius 2 is 2.14 bits per heavy atom. The molecule has 1 aliphatic rings. The van der Waals surface area contributed by atoms with Crippen LogP contribution in [-0.2, 0) is 27.2 Å². The first-order valence-electron chi connectivity index (χ1n) is 9.58. The molecule has 0 saturated carbocycles. The van der Waals surface area contributed by atoms with E-state index in [-0.39, 0.29) is 31.4 Å². The molecule has 7 nitrogen and oxygen atoms in total. The van der Waals surface area contributed by atoms with Crippen LogP contribution in [0.15, 0.2) is 46.3 Å². The van der Waals surface area contributed by atoms with Gasteiger partial charge in [-0.05, 0) is 41.8 Å². The summed E-state index contributed by atoms with van der Waals surface area (Å²) in [7, 11) is 0. The zero-order chi connectivity index (χ0) is 20.1. The second-order valence-corrected chi connectivity index (χ2v) is 7.81. The minimum atomic E-state index is -0.472. The summed E-state index contributed by atoms with van der Waals surface area (Å²) in [4.78, 5) is 29.3. The standard InChI is InChI=1S/C21H21N3O4S/c25-18(22-16-8-3-6-14-5-1-2-7-15(14)16)13-27-20(26)11-10-19-23-21(24-28-19)17-9-4-12-29-17/h1-2,4-5,7,9,12,16H,3,6,8,10-11,13H2,(H,22,25)/t16-/m0/s1. The van der Waals surface area contributed by atoms with E-state index < -0.39 is 5.97 Å². The van der Waals surface area contributed by atoms with Crippen LogP contribution >= 0.6 is 11.3 Å². The highest BCUT2D eigenvalue weighted by Gasteiger charge is 2.22. The van der Waals surface area contributed by atoms with Gasteiger partial charge in [0.25, 0.3) is 5.91 Å². The number of ether oxygens (including phenoxy) is 1. The molecule has 29 heavy (non-hydrogen) atoms. The Hall–Kier alpha value is -3.00. The van der Waals surface area contributed by atoms with Gasteiger partial charge in [-0.25, -0.2) is 0 Å². The number of carbonyl (C=O) groups excluding carboxylic acids is 2. The van der Waals surface area contributed by atoms with Crippen molar-refractivity contribution >= 4 is 23.2 Å². The number of amides is 1. The van der Waals surface area contributed by atoms with Crippen molar-refractivity contribution in [2.75, 3.05) is 6.61 Å². The number of carbonyl (C=O) groups is 2. The van der Waals surface area contributed by atoms with Crippen molar-refractivity contribution in [2.24, 2.45) is 0 Å². The van der Waals surface area contributed by atoms with Crippen molar-refractivity contribution in [2.45, 2.75) is 38.1 Å². The van der Waals surface area contributed by atoms with Gasteiger partial charge in [-0.15, -0.1) is 11.3 Å². The minimum absolute atomic E-state index is 0.0276. The number of esters is 1. The van der Waals surface area contributed by atoms with Gasteiger partial charge < -0.3 is 14.6 Å². The fraction of sp³-hybridized carbons (Fsp3) is 0.333. The van der Waals surface area contributed by atoms with Gasteiger partial charge in [-0.3, -0.25) is 9.59 Å². The Labute approximate surface area is 172 Å². The fourth-order valence-corrected chi connectivity index (χ4v) is 4.08. The average molecular weight is 411 g/mol. The van der Waals surface area contributed by atoms with Crippen LogP contribution in [0, 0.1) is 0 Å². The fourth-order valence-electron chi connectivity index (χ4n) is 3.43. The van der Waals surface area contributed by atoms with Crippen LogP contribution < -0.4 is 5.32 Å². The molecule has 2 heterocycles. The highest BCUT2D eigenvalue weighted by atomic mass is 32.1. The smallest absolute Gasteiger partial charge is 0.306 e. The molecular weight excluding hydrogens is 390 g/mol. The van der Waals surface area contributed by atoms with E-state index in [0.717, 1.165) is 29.7 Å². The van der Waals surface area contributed by atoms with E-state index >= 15 is 0 Å². The van der Waals surface area contributed by atoms with Gasteiger partial charge in [0, 0.05) is 6.42 Å². The molecule has 1 aromatic carbocycles. The number of nitrogens with one attached hydrogen (secondary N) is 1.